The van der Waals surface area contributed by atoms with E-state index < -0.39 is 10.8 Å². The lowest BCUT2D eigenvalue weighted by Crippen LogP contribution is -2.53. The zero-order valence-electron chi connectivity index (χ0n) is 14.9. The molecule has 2 heterocycles. The molecule has 0 radical (unpaired) electrons. The summed E-state index contributed by atoms with van der Waals surface area (Å²) in [5, 5.41) is 0.0756. The molecule has 0 spiro atoms. The Hall–Kier alpha value is -2.86. The molecule has 138 valence electrons. The minimum Gasteiger partial charge on any atom is -0.465 e. The first kappa shape index (κ1) is 17.5. The molecule has 0 amide bonds. The van der Waals surface area contributed by atoms with E-state index >= 15 is 0 Å². The Labute approximate surface area is 160 Å². The van der Waals surface area contributed by atoms with Crippen molar-refractivity contribution < 1.29 is 13.7 Å². The van der Waals surface area contributed by atoms with Gasteiger partial charge in [0, 0.05) is 30.4 Å². The number of hydrogen-bond donors (Lipinski definition) is 0. The first-order valence-electron chi connectivity index (χ1n) is 8.74. The Morgan fingerprint density at radius 3 is 2.37 bits per heavy atom. The fourth-order valence-corrected chi connectivity index (χ4v) is 4.77. The summed E-state index contributed by atoms with van der Waals surface area (Å²) in [6, 6.07) is 19.0. The van der Waals surface area contributed by atoms with Crippen molar-refractivity contribution in [3.8, 4) is 5.69 Å². The maximum absolute atomic E-state index is 12.7. The molecule has 1 aliphatic heterocycles. The monoisotopic (exact) mass is 380 g/mol. The molecule has 0 bridgehead atoms. The zero-order chi connectivity index (χ0) is 18.8. The van der Waals surface area contributed by atoms with Crippen LogP contribution in [0.3, 0.4) is 0 Å². The maximum Gasteiger partial charge on any atom is 0.340 e. The first-order chi connectivity index (χ1) is 13.2. The second-order valence-corrected chi connectivity index (χ2v) is 8.13. The topological polar surface area (TPSA) is 51.5 Å². The Bertz CT molecular complexity index is 964. The van der Waals surface area contributed by atoms with E-state index in [0.717, 1.165) is 16.3 Å². The number of nitrogens with zero attached hydrogens (tertiary/aromatic N) is 2. The molecule has 6 heteroatoms. The lowest BCUT2D eigenvalue weighted by molar-refractivity contribution is 0.0601. The average Bonchev–Trinajstić information content (AvgIpc) is 3.21. The molecule has 0 N–H and O–H groups in total. The third-order valence-corrected chi connectivity index (χ3v) is 6.39. The number of benzene rings is 2. The van der Waals surface area contributed by atoms with Gasteiger partial charge in [-0.1, -0.05) is 24.3 Å². The summed E-state index contributed by atoms with van der Waals surface area (Å²) in [4.78, 5) is 15.3. The number of carbonyl (C=O) groups is 1. The summed E-state index contributed by atoms with van der Waals surface area (Å²) in [6.07, 6.45) is 3.81. The van der Waals surface area contributed by atoms with E-state index in [9.17, 15) is 9.00 Å². The van der Waals surface area contributed by atoms with Crippen molar-refractivity contribution in [3.63, 3.8) is 0 Å². The van der Waals surface area contributed by atoms with Gasteiger partial charge in [0.15, 0.2) is 0 Å². The van der Waals surface area contributed by atoms with Crippen molar-refractivity contribution in [2.24, 2.45) is 0 Å². The van der Waals surface area contributed by atoms with E-state index in [0.29, 0.717) is 18.7 Å². The Morgan fingerprint density at radius 1 is 1.00 bits per heavy atom. The molecule has 3 aromatic rings. The van der Waals surface area contributed by atoms with Gasteiger partial charge < -0.3 is 14.2 Å². The van der Waals surface area contributed by atoms with Crippen LogP contribution in [0, 0.1) is 0 Å². The van der Waals surface area contributed by atoms with Gasteiger partial charge in [-0.25, -0.2) is 4.79 Å². The SMILES string of the molecule is COC(=O)c1cccc(N2CC(S(=O)c3ccccc3)C2)c1-n1cccc1. The molecule has 1 unspecified atom stereocenters. The predicted octanol–water partition coefficient (Wildman–Crippen LogP) is 3.26. The fourth-order valence-electron chi connectivity index (χ4n) is 3.33. The van der Waals surface area contributed by atoms with Gasteiger partial charge in [0.1, 0.15) is 0 Å². The second-order valence-electron chi connectivity index (χ2n) is 6.39. The van der Waals surface area contributed by atoms with Crippen LogP contribution in [0.1, 0.15) is 10.4 Å². The molecule has 1 fully saturated rings. The summed E-state index contributed by atoms with van der Waals surface area (Å²) < 4.78 is 19.6. The van der Waals surface area contributed by atoms with Crippen molar-refractivity contribution in [1.82, 2.24) is 4.57 Å². The van der Waals surface area contributed by atoms with Crippen LogP contribution in [0.4, 0.5) is 5.69 Å². The van der Waals surface area contributed by atoms with Gasteiger partial charge in [-0.3, -0.25) is 4.21 Å². The number of esters is 1. The van der Waals surface area contributed by atoms with Crippen LogP contribution in [-0.4, -0.2) is 40.2 Å². The van der Waals surface area contributed by atoms with E-state index in [-0.39, 0.29) is 11.2 Å². The highest BCUT2D eigenvalue weighted by molar-refractivity contribution is 7.85. The summed E-state index contributed by atoms with van der Waals surface area (Å²) in [5.41, 5.74) is 2.24. The highest BCUT2D eigenvalue weighted by Crippen LogP contribution is 2.33. The van der Waals surface area contributed by atoms with Crippen LogP contribution < -0.4 is 4.90 Å². The number of methoxy groups -OCH3 is 1. The van der Waals surface area contributed by atoms with Crippen LogP contribution in [0.2, 0.25) is 0 Å². The van der Waals surface area contributed by atoms with E-state index in [4.69, 9.17) is 4.74 Å². The summed E-state index contributed by atoms with van der Waals surface area (Å²) in [5.74, 6) is -0.370. The number of carbonyl (C=O) groups excluding carboxylic acids is 1. The number of aromatic nitrogens is 1. The third kappa shape index (κ3) is 3.28. The maximum atomic E-state index is 12.7. The van der Waals surface area contributed by atoms with Gasteiger partial charge in [-0.15, -0.1) is 0 Å². The largest absolute Gasteiger partial charge is 0.465 e. The summed E-state index contributed by atoms with van der Waals surface area (Å²) in [6.45, 7) is 1.36. The molecular weight excluding hydrogens is 360 g/mol. The number of para-hydroxylation sites is 1. The van der Waals surface area contributed by atoms with Gasteiger partial charge in [0.25, 0.3) is 0 Å². The van der Waals surface area contributed by atoms with Gasteiger partial charge in [-0.05, 0) is 36.4 Å². The van der Waals surface area contributed by atoms with E-state index in [1.54, 1.807) is 6.07 Å². The number of ether oxygens (including phenoxy) is 1. The van der Waals surface area contributed by atoms with Crippen molar-refractivity contribution in [3.05, 3.63) is 78.6 Å². The molecule has 1 aromatic heterocycles. The second kappa shape index (κ2) is 7.40. The average molecular weight is 380 g/mol. The molecule has 1 aliphatic rings. The van der Waals surface area contributed by atoms with Crippen LogP contribution in [0.25, 0.3) is 5.69 Å². The standard InChI is InChI=1S/C21H20N2O3S/c1-26-21(24)18-10-7-11-19(20(18)22-12-5-6-13-22)23-14-17(15-23)27(25)16-8-3-2-4-9-16/h2-13,17H,14-15H2,1H3. The van der Waals surface area contributed by atoms with Gasteiger partial charge in [0.2, 0.25) is 0 Å². The third-order valence-electron chi connectivity index (χ3n) is 4.75. The molecule has 1 atom stereocenters. The molecule has 27 heavy (non-hydrogen) atoms. The summed E-state index contributed by atoms with van der Waals surface area (Å²) in [7, 11) is 0.351. The number of hydrogen-bond acceptors (Lipinski definition) is 4. The van der Waals surface area contributed by atoms with E-state index in [2.05, 4.69) is 4.90 Å². The minimum atomic E-state index is -1.04. The minimum absolute atomic E-state index is 0.0756. The van der Waals surface area contributed by atoms with Crippen molar-refractivity contribution >= 4 is 22.5 Å². The Morgan fingerprint density at radius 2 is 1.70 bits per heavy atom. The Balaban J connectivity index is 1.62. The first-order valence-corrected chi connectivity index (χ1v) is 9.95. The lowest BCUT2D eigenvalue weighted by atomic mass is 10.1. The zero-order valence-corrected chi connectivity index (χ0v) is 15.8. The summed E-state index contributed by atoms with van der Waals surface area (Å²) >= 11 is 0. The molecule has 0 saturated carbocycles. The fraction of sp³-hybridized carbons (Fsp3) is 0.190. The van der Waals surface area contributed by atoms with Gasteiger partial charge >= 0.3 is 5.97 Å². The molecular formula is C21H20N2O3S. The highest BCUT2D eigenvalue weighted by atomic mass is 32.2. The molecule has 2 aromatic carbocycles. The van der Waals surface area contributed by atoms with Crippen LogP contribution in [0.5, 0.6) is 0 Å². The van der Waals surface area contributed by atoms with Crippen molar-refractivity contribution in [2.75, 3.05) is 25.1 Å². The number of anilines is 1. The van der Waals surface area contributed by atoms with Crippen LogP contribution >= 0.6 is 0 Å². The Kier molecular flexibility index (Phi) is 4.81. The van der Waals surface area contributed by atoms with E-state index in [1.807, 2.05) is 71.6 Å². The van der Waals surface area contributed by atoms with Gasteiger partial charge in [-0.2, -0.15) is 0 Å². The molecule has 1 saturated heterocycles. The highest BCUT2D eigenvalue weighted by Gasteiger charge is 2.34. The predicted molar refractivity (Wildman–Crippen MR) is 106 cm³/mol. The lowest BCUT2D eigenvalue weighted by Gasteiger charge is -2.41. The molecule has 5 nitrogen and oxygen atoms in total. The van der Waals surface area contributed by atoms with Crippen molar-refractivity contribution in [2.45, 2.75) is 10.1 Å². The van der Waals surface area contributed by atoms with Gasteiger partial charge in [0.05, 0.1) is 40.1 Å². The molecule has 4 rings (SSSR count). The van der Waals surface area contributed by atoms with E-state index in [1.165, 1.54) is 7.11 Å². The van der Waals surface area contributed by atoms with Crippen molar-refractivity contribution in [1.29, 1.82) is 0 Å². The molecule has 0 aliphatic carbocycles. The smallest absolute Gasteiger partial charge is 0.340 e. The quantitative estimate of drug-likeness (QED) is 0.638. The normalized spacial score (nSPS) is 15.2. The number of rotatable bonds is 5. The van der Waals surface area contributed by atoms with Crippen LogP contribution in [0.15, 0.2) is 78.0 Å². The van der Waals surface area contributed by atoms with Crippen LogP contribution in [-0.2, 0) is 15.5 Å².